The molecule has 30 heavy (non-hydrogen) atoms. The number of amides is 1. The summed E-state index contributed by atoms with van der Waals surface area (Å²) in [4.78, 5) is 45.8. The lowest BCUT2D eigenvalue weighted by molar-refractivity contribution is -0.384. The second kappa shape index (κ2) is 8.11. The highest BCUT2D eigenvalue weighted by Crippen LogP contribution is 2.32. The fraction of sp³-hybridized carbons (Fsp3) is 0.250. The number of rotatable bonds is 4. The maximum Gasteiger partial charge on any atom is 0.293 e. The summed E-state index contributed by atoms with van der Waals surface area (Å²) in [7, 11) is 0. The molecule has 1 N–H and O–H groups in total. The molecule has 2 aromatic carbocycles. The van der Waals surface area contributed by atoms with Crippen LogP contribution in [0.2, 0.25) is 5.02 Å². The van der Waals surface area contributed by atoms with Crippen LogP contribution in [0.15, 0.2) is 47.5 Å². The van der Waals surface area contributed by atoms with E-state index in [1.165, 1.54) is 12.4 Å². The molecule has 1 amide bonds. The van der Waals surface area contributed by atoms with Crippen LogP contribution in [0.4, 0.5) is 11.4 Å². The molecule has 10 heteroatoms. The van der Waals surface area contributed by atoms with Crippen LogP contribution < -0.4 is 10.5 Å². The molecule has 1 aliphatic heterocycles. The minimum absolute atomic E-state index is 0.00168. The second-order valence-electron chi connectivity index (χ2n) is 7.02. The number of piperazine rings is 1. The quantitative estimate of drug-likeness (QED) is 0.505. The molecule has 0 radical (unpaired) electrons. The number of benzene rings is 2. The van der Waals surface area contributed by atoms with Gasteiger partial charge in [-0.15, -0.1) is 0 Å². The number of carbonyl (C=O) groups excluding carboxylic acids is 1. The van der Waals surface area contributed by atoms with Gasteiger partial charge in [-0.3, -0.25) is 19.7 Å². The number of hydrogen-bond acceptors (Lipinski definition) is 6. The van der Waals surface area contributed by atoms with Crippen molar-refractivity contribution < 1.29 is 9.72 Å². The highest BCUT2D eigenvalue weighted by Gasteiger charge is 2.27. The SMILES string of the molecule is O=C(Cc1ccc(Cl)cc1)N1CCN(c2cc3nc[nH]c(=O)c3cc2[N+](=O)[O-])CC1. The number of nitro benzene ring substituents is 1. The molecule has 0 bridgehead atoms. The van der Waals surface area contributed by atoms with E-state index in [1.54, 1.807) is 23.1 Å². The summed E-state index contributed by atoms with van der Waals surface area (Å²) < 4.78 is 0. The summed E-state index contributed by atoms with van der Waals surface area (Å²) in [6.45, 7) is 1.79. The predicted molar refractivity (Wildman–Crippen MR) is 113 cm³/mol. The third kappa shape index (κ3) is 3.97. The standard InChI is InChI=1S/C20H18ClN5O4/c21-14-3-1-13(2-4-14)9-19(27)25-7-5-24(6-8-25)17-11-16-15(10-18(17)26(29)30)20(28)23-12-22-16/h1-4,10-12H,5-9H2,(H,22,23,28). The van der Waals surface area contributed by atoms with E-state index in [9.17, 15) is 19.7 Å². The molecule has 0 aliphatic carbocycles. The van der Waals surface area contributed by atoms with Crippen LogP contribution in [0.1, 0.15) is 5.56 Å². The first kappa shape index (κ1) is 19.8. The predicted octanol–water partition coefficient (Wildman–Crippen LogP) is 2.38. The van der Waals surface area contributed by atoms with Gasteiger partial charge in [-0.1, -0.05) is 23.7 Å². The lowest BCUT2D eigenvalue weighted by atomic mass is 10.1. The Morgan fingerprint density at radius 2 is 1.87 bits per heavy atom. The van der Waals surface area contributed by atoms with Gasteiger partial charge in [-0.05, 0) is 23.8 Å². The van der Waals surface area contributed by atoms with Crippen LogP contribution in [-0.2, 0) is 11.2 Å². The number of nitrogens with one attached hydrogen (secondary N) is 1. The Bertz CT molecular complexity index is 1170. The molecule has 4 rings (SSSR count). The lowest BCUT2D eigenvalue weighted by Crippen LogP contribution is -2.49. The van der Waals surface area contributed by atoms with Crippen molar-refractivity contribution in [3.05, 3.63) is 73.8 Å². The van der Waals surface area contributed by atoms with Crippen molar-refractivity contribution >= 4 is 39.8 Å². The molecule has 0 unspecified atom stereocenters. The van der Waals surface area contributed by atoms with E-state index in [4.69, 9.17) is 11.6 Å². The third-order valence-corrected chi connectivity index (χ3v) is 5.43. The molecule has 3 aromatic rings. The number of aromatic amines is 1. The maximum atomic E-state index is 12.6. The third-order valence-electron chi connectivity index (χ3n) is 5.18. The van der Waals surface area contributed by atoms with E-state index in [0.29, 0.717) is 42.4 Å². The minimum atomic E-state index is -0.501. The van der Waals surface area contributed by atoms with Gasteiger partial charge in [0, 0.05) is 37.3 Å². The molecule has 1 saturated heterocycles. The van der Waals surface area contributed by atoms with Crippen molar-refractivity contribution in [3.8, 4) is 0 Å². The zero-order valence-corrected chi connectivity index (χ0v) is 16.6. The van der Waals surface area contributed by atoms with Crippen molar-refractivity contribution in [1.82, 2.24) is 14.9 Å². The monoisotopic (exact) mass is 427 g/mol. The van der Waals surface area contributed by atoms with Crippen LogP contribution in [0.5, 0.6) is 0 Å². The number of anilines is 1. The van der Waals surface area contributed by atoms with Gasteiger partial charge in [0.15, 0.2) is 0 Å². The summed E-state index contributed by atoms with van der Waals surface area (Å²) in [5, 5.41) is 12.4. The van der Waals surface area contributed by atoms with Gasteiger partial charge in [0.2, 0.25) is 5.91 Å². The van der Waals surface area contributed by atoms with Gasteiger partial charge in [0.1, 0.15) is 5.69 Å². The number of fused-ring (bicyclic) bond motifs is 1. The Kier molecular flexibility index (Phi) is 5.37. The van der Waals surface area contributed by atoms with Gasteiger partial charge < -0.3 is 14.8 Å². The first-order valence-corrected chi connectivity index (χ1v) is 9.73. The zero-order valence-electron chi connectivity index (χ0n) is 15.9. The van der Waals surface area contributed by atoms with Gasteiger partial charge in [0.25, 0.3) is 11.2 Å². The summed E-state index contributed by atoms with van der Waals surface area (Å²) in [5.74, 6) is -0.00168. The summed E-state index contributed by atoms with van der Waals surface area (Å²) in [5.41, 5.74) is 1.10. The van der Waals surface area contributed by atoms with Crippen molar-refractivity contribution in [2.24, 2.45) is 0 Å². The van der Waals surface area contributed by atoms with Crippen molar-refractivity contribution in [2.45, 2.75) is 6.42 Å². The van der Waals surface area contributed by atoms with Gasteiger partial charge >= 0.3 is 0 Å². The number of nitro groups is 1. The van der Waals surface area contributed by atoms with Crippen molar-refractivity contribution in [3.63, 3.8) is 0 Å². The highest BCUT2D eigenvalue weighted by molar-refractivity contribution is 6.30. The van der Waals surface area contributed by atoms with E-state index in [1.807, 2.05) is 17.0 Å². The molecule has 0 spiro atoms. The number of carbonyl (C=O) groups is 1. The number of hydrogen-bond donors (Lipinski definition) is 1. The molecule has 2 heterocycles. The van der Waals surface area contributed by atoms with Crippen LogP contribution in [0.25, 0.3) is 10.9 Å². The summed E-state index contributed by atoms with van der Waals surface area (Å²) in [6.07, 6.45) is 1.55. The van der Waals surface area contributed by atoms with Crippen LogP contribution in [0, 0.1) is 10.1 Å². The van der Waals surface area contributed by atoms with E-state index in [-0.39, 0.29) is 23.4 Å². The largest absolute Gasteiger partial charge is 0.362 e. The van der Waals surface area contributed by atoms with Crippen LogP contribution >= 0.6 is 11.6 Å². The van der Waals surface area contributed by atoms with Gasteiger partial charge in [0.05, 0.1) is 28.6 Å². The van der Waals surface area contributed by atoms with Crippen molar-refractivity contribution in [2.75, 3.05) is 31.1 Å². The average Bonchev–Trinajstić information content (AvgIpc) is 2.75. The smallest absolute Gasteiger partial charge is 0.293 e. The Hall–Kier alpha value is -3.46. The van der Waals surface area contributed by atoms with Crippen LogP contribution in [-0.4, -0.2) is 51.9 Å². The molecular weight excluding hydrogens is 410 g/mol. The summed E-state index contributed by atoms with van der Waals surface area (Å²) in [6, 6.07) is 9.97. The number of halogens is 1. The molecule has 1 fully saturated rings. The molecule has 9 nitrogen and oxygen atoms in total. The molecule has 0 saturated carbocycles. The molecule has 0 atom stereocenters. The number of H-pyrrole nitrogens is 1. The minimum Gasteiger partial charge on any atom is -0.362 e. The topological polar surface area (TPSA) is 112 Å². The number of nitrogens with zero attached hydrogens (tertiary/aromatic N) is 4. The molecule has 154 valence electrons. The number of aromatic nitrogens is 2. The van der Waals surface area contributed by atoms with E-state index < -0.39 is 10.5 Å². The molecule has 1 aliphatic rings. The van der Waals surface area contributed by atoms with E-state index in [2.05, 4.69) is 9.97 Å². The Morgan fingerprint density at radius 1 is 1.17 bits per heavy atom. The Morgan fingerprint density at radius 3 is 2.53 bits per heavy atom. The second-order valence-corrected chi connectivity index (χ2v) is 7.45. The first-order valence-electron chi connectivity index (χ1n) is 9.35. The summed E-state index contributed by atoms with van der Waals surface area (Å²) >= 11 is 5.88. The van der Waals surface area contributed by atoms with Crippen molar-refractivity contribution in [1.29, 1.82) is 0 Å². The van der Waals surface area contributed by atoms with Gasteiger partial charge in [-0.25, -0.2) is 4.98 Å². The van der Waals surface area contributed by atoms with E-state index >= 15 is 0 Å². The van der Waals surface area contributed by atoms with Crippen LogP contribution in [0.3, 0.4) is 0 Å². The maximum absolute atomic E-state index is 12.6. The molecule has 1 aromatic heterocycles. The first-order chi connectivity index (χ1) is 14.4. The normalized spacial score (nSPS) is 14.2. The lowest BCUT2D eigenvalue weighted by Gasteiger charge is -2.36. The zero-order chi connectivity index (χ0) is 21.3. The average molecular weight is 428 g/mol. The highest BCUT2D eigenvalue weighted by atomic mass is 35.5. The molecular formula is C20H18ClN5O4. The Labute approximate surface area is 176 Å². The fourth-order valence-corrected chi connectivity index (χ4v) is 3.70. The fourth-order valence-electron chi connectivity index (χ4n) is 3.58. The van der Waals surface area contributed by atoms with E-state index in [0.717, 1.165) is 5.56 Å². The van der Waals surface area contributed by atoms with Gasteiger partial charge in [-0.2, -0.15) is 0 Å². The Balaban J connectivity index is 1.51.